The van der Waals surface area contributed by atoms with E-state index in [4.69, 9.17) is 0 Å². The molecular weight excluding hydrogens is 198 g/mol. The Bertz CT molecular complexity index is 347. The lowest BCUT2D eigenvalue weighted by Crippen LogP contribution is -2.43. The minimum atomic E-state index is 0.234. The van der Waals surface area contributed by atoms with Gasteiger partial charge in [0.2, 0.25) is 0 Å². The molecule has 0 unspecified atom stereocenters. The second kappa shape index (κ2) is 5.28. The number of rotatable bonds is 3. The number of nitrogens with zero attached hydrogens (tertiary/aromatic N) is 1. The first kappa shape index (κ1) is 11.4. The van der Waals surface area contributed by atoms with Gasteiger partial charge in [-0.15, -0.1) is 0 Å². The molecule has 1 aromatic carbocycles. The van der Waals surface area contributed by atoms with Crippen LogP contribution in [0.25, 0.3) is 0 Å². The van der Waals surface area contributed by atoms with E-state index in [0.717, 1.165) is 13.1 Å². The van der Waals surface area contributed by atoms with Gasteiger partial charge in [-0.1, -0.05) is 49.4 Å². The second-order valence-corrected chi connectivity index (χ2v) is 4.45. The maximum absolute atomic E-state index is 9.43. The van der Waals surface area contributed by atoms with Crippen LogP contribution in [0, 0.1) is 5.92 Å². The molecule has 0 bridgehead atoms. The molecule has 0 saturated heterocycles. The third-order valence-corrected chi connectivity index (χ3v) is 3.27. The molecule has 0 saturated carbocycles. The Hall–Kier alpha value is -1.12. The van der Waals surface area contributed by atoms with Gasteiger partial charge in [-0.3, -0.25) is 4.90 Å². The zero-order valence-electron chi connectivity index (χ0n) is 9.71. The van der Waals surface area contributed by atoms with Gasteiger partial charge in [0, 0.05) is 19.1 Å². The molecule has 2 atom stereocenters. The van der Waals surface area contributed by atoms with Gasteiger partial charge in [-0.2, -0.15) is 0 Å². The Morgan fingerprint density at radius 3 is 2.75 bits per heavy atom. The number of hydrogen-bond donors (Lipinski definition) is 1. The van der Waals surface area contributed by atoms with Crippen molar-refractivity contribution in [1.82, 2.24) is 4.90 Å². The zero-order chi connectivity index (χ0) is 11.4. The average molecular weight is 217 g/mol. The topological polar surface area (TPSA) is 23.5 Å². The molecular formula is C14H19NO. The highest BCUT2D eigenvalue weighted by atomic mass is 16.3. The number of benzene rings is 1. The van der Waals surface area contributed by atoms with Gasteiger partial charge in [0.1, 0.15) is 0 Å². The normalized spacial score (nSPS) is 25.9. The lowest BCUT2D eigenvalue weighted by atomic mass is 9.96. The van der Waals surface area contributed by atoms with E-state index in [1.165, 1.54) is 5.56 Å². The predicted molar refractivity (Wildman–Crippen MR) is 66.0 cm³/mol. The highest BCUT2D eigenvalue weighted by molar-refractivity contribution is 5.15. The van der Waals surface area contributed by atoms with Crippen LogP contribution in [-0.4, -0.2) is 29.2 Å². The van der Waals surface area contributed by atoms with Crippen molar-refractivity contribution in [1.29, 1.82) is 0 Å². The van der Waals surface area contributed by atoms with Crippen molar-refractivity contribution in [2.24, 2.45) is 5.92 Å². The van der Waals surface area contributed by atoms with Crippen LogP contribution in [0.5, 0.6) is 0 Å². The van der Waals surface area contributed by atoms with E-state index in [1.807, 2.05) is 6.07 Å². The van der Waals surface area contributed by atoms with Gasteiger partial charge in [0.15, 0.2) is 0 Å². The van der Waals surface area contributed by atoms with Crippen molar-refractivity contribution in [3.05, 3.63) is 48.0 Å². The Morgan fingerprint density at radius 2 is 2.06 bits per heavy atom. The highest BCUT2D eigenvalue weighted by Gasteiger charge is 2.24. The lowest BCUT2D eigenvalue weighted by Gasteiger charge is -2.35. The maximum atomic E-state index is 9.43. The van der Waals surface area contributed by atoms with Gasteiger partial charge in [0.05, 0.1) is 6.61 Å². The monoisotopic (exact) mass is 217 g/mol. The molecule has 2 rings (SSSR count). The van der Waals surface area contributed by atoms with E-state index >= 15 is 0 Å². The molecule has 1 N–H and O–H groups in total. The van der Waals surface area contributed by atoms with Crippen molar-refractivity contribution in [2.75, 3.05) is 13.2 Å². The van der Waals surface area contributed by atoms with Crippen molar-refractivity contribution < 1.29 is 5.11 Å². The van der Waals surface area contributed by atoms with Crippen LogP contribution >= 0.6 is 0 Å². The molecule has 1 aliphatic heterocycles. The van der Waals surface area contributed by atoms with Gasteiger partial charge in [-0.25, -0.2) is 0 Å². The Morgan fingerprint density at radius 1 is 1.31 bits per heavy atom. The van der Waals surface area contributed by atoms with Crippen LogP contribution in [0.4, 0.5) is 0 Å². The van der Waals surface area contributed by atoms with Gasteiger partial charge in [0.25, 0.3) is 0 Å². The predicted octanol–water partition coefficient (Wildman–Crippen LogP) is 2.06. The van der Waals surface area contributed by atoms with Crippen LogP contribution in [0.2, 0.25) is 0 Å². The van der Waals surface area contributed by atoms with Gasteiger partial charge >= 0.3 is 0 Å². The fraction of sp³-hybridized carbons (Fsp3) is 0.429. The smallest absolute Gasteiger partial charge is 0.0592 e. The summed E-state index contributed by atoms with van der Waals surface area (Å²) in [5.41, 5.74) is 1.31. The largest absolute Gasteiger partial charge is 0.395 e. The molecule has 0 spiro atoms. The average Bonchev–Trinajstić information content (AvgIpc) is 2.31. The summed E-state index contributed by atoms with van der Waals surface area (Å²) in [5.74, 6) is 0.433. The zero-order valence-corrected chi connectivity index (χ0v) is 9.71. The molecule has 86 valence electrons. The first-order chi connectivity index (χ1) is 7.81. The summed E-state index contributed by atoms with van der Waals surface area (Å²) in [6.45, 7) is 4.25. The molecule has 1 aliphatic rings. The number of aliphatic hydroxyl groups excluding tert-OH is 1. The summed E-state index contributed by atoms with van der Waals surface area (Å²) in [6, 6.07) is 10.7. The Balaban J connectivity index is 2.06. The summed E-state index contributed by atoms with van der Waals surface area (Å²) >= 11 is 0. The van der Waals surface area contributed by atoms with Crippen LogP contribution in [0.15, 0.2) is 42.5 Å². The highest BCUT2D eigenvalue weighted by Crippen LogP contribution is 2.19. The standard InChI is InChI=1S/C14H19NO/c1-12-6-5-9-15(14(12)11-16)10-13-7-3-2-4-8-13/h2-8,12,14,16H,9-11H2,1H3/t12-,14-/m1/s1. The Kier molecular flexibility index (Phi) is 3.75. The molecule has 16 heavy (non-hydrogen) atoms. The van der Waals surface area contributed by atoms with Crippen LogP contribution in [0.3, 0.4) is 0 Å². The van der Waals surface area contributed by atoms with Crippen LogP contribution in [0.1, 0.15) is 12.5 Å². The minimum Gasteiger partial charge on any atom is -0.395 e. The molecule has 0 fully saturated rings. The summed E-state index contributed by atoms with van der Waals surface area (Å²) in [5, 5.41) is 9.43. The van der Waals surface area contributed by atoms with E-state index in [0.29, 0.717) is 5.92 Å². The van der Waals surface area contributed by atoms with Gasteiger partial charge in [-0.05, 0) is 11.5 Å². The van der Waals surface area contributed by atoms with Crippen molar-refractivity contribution in [3.8, 4) is 0 Å². The summed E-state index contributed by atoms with van der Waals surface area (Å²) < 4.78 is 0. The van der Waals surface area contributed by atoms with Crippen LogP contribution < -0.4 is 0 Å². The first-order valence-electron chi connectivity index (χ1n) is 5.86. The molecule has 0 aliphatic carbocycles. The van der Waals surface area contributed by atoms with E-state index in [-0.39, 0.29) is 12.6 Å². The quantitative estimate of drug-likeness (QED) is 0.783. The second-order valence-electron chi connectivity index (χ2n) is 4.45. The van der Waals surface area contributed by atoms with Crippen LogP contribution in [-0.2, 0) is 6.54 Å². The maximum Gasteiger partial charge on any atom is 0.0592 e. The summed E-state index contributed by atoms with van der Waals surface area (Å²) in [6.07, 6.45) is 4.39. The summed E-state index contributed by atoms with van der Waals surface area (Å²) in [4.78, 5) is 2.33. The molecule has 2 heteroatoms. The third kappa shape index (κ3) is 2.52. The van der Waals surface area contributed by atoms with Gasteiger partial charge < -0.3 is 5.11 Å². The number of aliphatic hydroxyl groups is 1. The third-order valence-electron chi connectivity index (χ3n) is 3.27. The van der Waals surface area contributed by atoms with E-state index in [1.54, 1.807) is 0 Å². The number of hydrogen-bond acceptors (Lipinski definition) is 2. The minimum absolute atomic E-state index is 0.234. The molecule has 0 amide bonds. The van der Waals surface area contributed by atoms with E-state index in [2.05, 4.69) is 48.2 Å². The van der Waals surface area contributed by atoms with Crippen molar-refractivity contribution in [2.45, 2.75) is 19.5 Å². The van der Waals surface area contributed by atoms with E-state index in [9.17, 15) is 5.11 Å². The fourth-order valence-corrected chi connectivity index (χ4v) is 2.29. The summed E-state index contributed by atoms with van der Waals surface area (Å²) in [7, 11) is 0. The molecule has 2 nitrogen and oxygen atoms in total. The fourth-order valence-electron chi connectivity index (χ4n) is 2.29. The Labute approximate surface area is 97.2 Å². The van der Waals surface area contributed by atoms with Crippen molar-refractivity contribution >= 4 is 0 Å². The van der Waals surface area contributed by atoms with Crippen molar-refractivity contribution in [3.63, 3.8) is 0 Å². The lowest BCUT2D eigenvalue weighted by molar-refractivity contribution is 0.0956. The van der Waals surface area contributed by atoms with E-state index < -0.39 is 0 Å². The molecule has 1 aromatic rings. The molecule has 0 aromatic heterocycles. The molecule has 0 radical (unpaired) electrons. The SMILES string of the molecule is C[C@@H]1C=CCN(Cc2ccccc2)[C@@H]1CO. The first-order valence-corrected chi connectivity index (χ1v) is 5.86. The molecule has 1 heterocycles.